The van der Waals surface area contributed by atoms with Gasteiger partial charge in [0.15, 0.2) is 5.58 Å². The zero-order valence-electron chi connectivity index (χ0n) is 13.2. The maximum Gasteiger partial charge on any atom is 0.295 e. The molecule has 0 bridgehead atoms. The van der Waals surface area contributed by atoms with Crippen molar-refractivity contribution in [3.05, 3.63) is 54.4 Å². The number of carbonyl (C=O) groups is 1. The molecule has 3 aromatic rings. The lowest BCUT2D eigenvalue weighted by Gasteiger charge is -2.32. The predicted octanol–water partition coefficient (Wildman–Crippen LogP) is 2.94. The average Bonchev–Trinajstić information content (AvgIpc) is 3.05. The van der Waals surface area contributed by atoms with E-state index in [1.165, 1.54) is 0 Å². The number of nitrogens with zero attached hydrogens (tertiary/aromatic N) is 3. The highest BCUT2D eigenvalue weighted by atomic mass is 16.4. The van der Waals surface area contributed by atoms with Crippen LogP contribution >= 0.6 is 0 Å². The van der Waals surface area contributed by atoms with E-state index < -0.39 is 0 Å². The smallest absolute Gasteiger partial charge is 0.295 e. The van der Waals surface area contributed by atoms with Gasteiger partial charge in [-0.25, -0.2) is 0 Å². The van der Waals surface area contributed by atoms with Crippen LogP contribution in [0, 0.1) is 0 Å². The van der Waals surface area contributed by atoms with Gasteiger partial charge >= 0.3 is 0 Å². The van der Waals surface area contributed by atoms with E-state index in [1.54, 1.807) is 24.5 Å². The standard InChI is InChI=1S/C18H18N4O2/c23-17(13-5-9-19-10-6-13)22-11-7-14(8-12-22)20-18-21-15-3-1-2-4-16(15)24-18/h1-6,9-10,14H,7-8,11-12H2,(H,20,21). The van der Waals surface area contributed by atoms with E-state index in [2.05, 4.69) is 15.3 Å². The summed E-state index contributed by atoms with van der Waals surface area (Å²) in [7, 11) is 0. The van der Waals surface area contributed by atoms with E-state index in [9.17, 15) is 4.79 Å². The molecule has 0 radical (unpaired) electrons. The number of benzene rings is 1. The summed E-state index contributed by atoms with van der Waals surface area (Å²) in [6, 6.07) is 12.0. The Morgan fingerprint density at radius 2 is 1.88 bits per heavy atom. The SMILES string of the molecule is O=C(c1ccncc1)N1CCC(Nc2nc3ccccc3o2)CC1. The highest BCUT2D eigenvalue weighted by Crippen LogP contribution is 2.22. The molecule has 1 aliphatic rings. The summed E-state index contributed by atoms with van der Waals surface area (Å²) in [5.74, 6) is 0.0673. The molecule has 24 heavy (non-hydrogen) atoms. The number of pyridine rings is 1. The summed E-state index contributed by atoms with van der Waals surface area (Å²) in [6.45, 7) is 1.44. The molecule has 6 heteroatoms. The monoisotopic (exact) mass is 322 g/mol. The quantitative estimate of drug-likeness (QED) is 0.803. The fraction of sp³-hybridized carbons (Fsp3) is 0.278. The number of hydrogen-bond acceptors (Lipinski definition) is 5. The van der Waals surface area contributed by atoms with Crippen molar-refractivity contribution in [1.82, 2.24) is 14.9 Å². The highest BCUT2D eigenvalue weighted by molar-refractivity contribution is 5.94. The van der Waals surface area contributed by atoms with E-state index in [1.807, 2.05) is 29.2 Å². The van der Waals surface area contributed by atoms with Crippen molar-refractivity contribution < 1.29 is 9.21 Å². The minimum Gasteiger partial charge on any atom is -0.424 e. The fourth-order valence-electron chi connectivity index (χ4n) is 3.01. The number of anilines is 1. The van der Waals surface area contributed by atoms with Crippen molar-refractivity contribution in [3.8, 4) is 0 Å². The van der Waals surface area contributed by atoms with E-state index in [-0.39, 0.29) is 11.9 Å². The largest absolute Gasteiger partial charge is 0.424 e. The molecule has 0 unspecified atom stereocenters. The second kappa shape index (κ2) is 6.31. The van der Waals surface area contributed by atoms with Crippen molar-refractivity contribution in [3.63, 3.8) is 0 Å². The van der Waals surface area contributed by atoms with Crippen molar-refractivity contribution in [2.24, 2.45) is 0 Å². The van der Waals surface area contributed by atoms with Crippen molar-refractivity contribution in [2.75, 3.05) is 18.4 Å². The lowest BCUT2D eigenvalue weighted by atomic mass is 10.0. The first-order chi connectivity index (χ1) is 11.8. The summed E-state index contributed by atoms with van der Waals surface area (Å²) in [5, 5.41) is 3.34. The Morgan fingerprint density at radius 1 is 1.12 bits per heavy atom. The molecule has 1 aromatic carbocycles. The molecule has 1 saturated heterocycles. The van der Waals surface area contributed by atoms with Crippen LogP contribution in [0.1, 0.15) is 23.2 Å². The molecule has 4 rings (SSSR count). The Labute approximate surface area is 139 Å². The summed E-state index contributed by atoms with van der Waals surface area (Å²) in [4.78, 5) is 22.7. The van der Waals surface area contributed by atoms with E-state index in [0.717, 1.165) is 37.0 Å². The van der Waals surface area contributed by atoms with Gasteiger partial charge in [0.25, 0.3) is 11.9 Å². The molecule has 1 fully saturated rings. The number of oxazole rings is 1. The molecular formula is C18H18N4O2. The maximum atomic E-state index is 12.4. The lowest BCUT2D eigenvalue weighted by Crippen LogP contribution is -2.42. The van der Waals surface area contributed by atoms with Gasteiger partial charge in [-0.2, -0.15) is 4.98 Å². The zero-order chi connectivity index (χ0) is 16.4. The molecule has 6 nitrogen and oxygen atoms in total. The molecule has 1 aliphatic heterocycles. The highest BCUT2D eigenvalue weighted by Gasteiger charge is 2.24. The molecule has 1 N–H and O–H groups in total. The van der Waals surface area contributed by atoms with Crippen LogP contribution in [0.2, 0.25) is 0 Å². The lowest BCUT2D eigenvalue weighted by molar-refractivity contribution is 0.0718. The molecule has 0 spiro atoms. The summed E-state index contributed by atoms with van der Waals surface area (Å²) in [5.41, 5.74) is 2.32. The third-order valence-corrected chi connectivity index (χ3v) is 4.33. The van der Waals surface area contributed by atoms with Gasteiger partial charge in [0.1, 0.15) is 5.52 Å². The maximum absolute atomic E-state index is 12.4. The number of piperidine rings is 1. The first-order valence-corrected chi connectivity index (χ1v) is 8.11. The number of aromatic nitrogens is 2. The van der Waals surface area contributed by atoms with Gasteiger partial charge in [0.05, 0.1) is 0 Å². The Morgan fingerprint density at radius 3 is 2.62 bits per heavy atom. The van der Waals surface area contributed by atoms with Crippen LogP contribution in [0.3, 0.4) is 0 Å². The normalized spacial score (nSPS) is 15.6. The summed E-state index contributed by atoms with van der Waals surface area (Å²) < 4.78 is 5.70. The third-order valence-electron chi connectivity index (χ3n) is 4.33. The summed E-state index contributed by atoms with van der Waals surface area (Å²) in [6.07, 6.45) is 5.04. The van der Waals surface area contributed by atoms with Crippen LogP contribution in [0.4, 0.5) is 6.01 Å². The van der Waals surface area contributed by atoms with E-state index in [0.29, 0.717) is 11.6 Å². The van der Waals surface area contributed by atoms with E-state index >= 15 is 0 Å². The van der Waals surface area contributed by atoms with Gasteiger partial charge in [-0.3, -0.25) is 9.78 Å². The molecule has 0 atom stereocenters. The summed E-state index contributed by atoms with van der Waals surface area (Å²) >= 11 is 0. The van der Waals surface area contributed by atoms with Gasteiger partial charge < -0.3 is 14.6 Å². The number of amides is 1. The minimum atomic E-state index is 0.0673. The number of carbonyl (C=O) groups excluding carboxylic acids is 1. The molecular weight excluding hydrogens is 304 g/mol. The Bertz CT molecular complexity index is 805. The van der Waals surface area contributed by atoms with Crippen LogP contribution in [0.15, 0.2) is 53.2 Å². The number of fused-ring (bicyclic) bond motifs is 1. The van der Waals surface area contributed by atoms with Crippen LogP contribution in [-0.2, 0) is 0 Å². The van der Waals surface area contributed by atoms with Gasteiger partial charge in [-0.1, -0.05) is 12.1 Å². The second-order valence-corrected chi connectivity index (χ2v) is 5.93. The van der Waals surface area contributed by atoms with Crippen molar-refractivity contribution in [2.45, 2.75) is 18.9 Å². The van der Waals surface area contributed by atoms with Gasteiger partial charge in [-0.15, -0.1) is 0 Å². The minimum absolute atomic E-state index is 0.0673. The third kappa shape index (κ3) is 2.95. The molecule has 3 heterocycles. The fourth-order valence-corrected chi connectivity index (χ4v) is 3.01. The first-order valence-electron chi connectivity index (χ1n) is 8.11. The number of likely N-dealkylation sites (tertiary alicyclic amines) is 1. The van der Waals surface area contributed by atoms with Crippen molar-refractivity contribution >= 4 is 23.0 Å². The molecule has 1 amide bonds. The molecule has 122 valence electrons. The molecule has 0 aliphatic carbocycles. The zero-order valence-corrected chi connectivity index (χ0v) is 13.2. The number of rotatable bonds is 3. The van der Waals surface area contributed by atoms with Gasteiger partial charge in [0.2, 0.25) is 0 Å². The number of para-hydroxylation sites is 2. The first kappa shape index (κ1) is 14.7. The Kier molecular flexibility index (Phi) is 3.86. The Hall–Kier alpha value is -2.89. The Balaban J connectivity index is 1.37. The topological polar surface area (TPSA) is 71.3 Å². The number of hydrogen-bond donors (Lipinski definition) is 1. The van der Waals surface area contributed by atoms with Crippen LogP contribution < -0.4 is 5.32 Å². The van der Waals surface area contributed by atoms with Crippen molar-refractivity contribution in [1.29, 1.82) is 0 Å². The predicted molar refractivity (Wildman–Crippen MR) is 90.8 cm³/mol. The van der Waals surface area contributed by atoms with Crippen LogP contribution in [0.25, 0.3) is 11.1 Å². The van der Waals surface area contributed by atoms with E-state index in [4.69, 9.17) is 4.42 Å². The van der Waals surface area contributed by atoms with Gasteiger partial charge in [0, 0.05) is 37.1 Å². The number of nitrogens with one attached hydrogen (secondary N) is 1. The molecule has 2 aromatic heterocycles. The average molecular weight is 322 g/mol. The second-order valence-electron chi connectivity index (χ2n) is 5.93. The van der Waals surface area contributed by atoms with Gasteiger partial charge in [-0.05, 0) is 37.1 Å². The van der Waals surface area contributed by atoms with Crippen LogP contribution in [0.5, 0.6) is 0 Å². The van der Waals surface area contributed by atoms with Crippen LogP contribution in [-0.4, -0.2) is 39.9 Å². The molecule has 0 saturated carbocycles.